The Balaban J connectivity index is 1.72. The molecule has 3 heteroatoms. The first-order valence-electron chi connectivity index (χ1n) is 13.1. The third kappa shape index (κ3) is 3.95. The second kappa shape index (κ2) is 9.08. The molecule has 37 heavy (non-hydrogen) atoms. The minimum absolute atomic E-state index is 0.327. The average Bonchev–Trinajstić information content (AvgIpc) is 3.49. The largest absolute Gasteiger partial charge is 0.464 e. The molecule has 0 atom stereocenters. The molecule has 0 spiro atoms. The van der Waals surface area contributed by atoms with Crippen molar-refractivity contribution < 1.29 is 4.42 Å². The van der Waals surface area contributed by atoms with E-state index in [1.165, 1.54) is 33.5 Å². The van der Waals surface area contributed by atoms with Crippen LogP contribution in [-0.2, 0) is 0 Å². The Labute approximate surface area is 218 Å². The number of rotatable bonds is 5. The van der Waals surface area contributed by atoms with E-state index in [2.05, 4.69) is 124 Å². The van der Waals surface area contributed by atoms with Crippen molar-refractivity contribution in [2.75, 3.05) is 0 Å². The van der Waals surface area contributed by atoms with Crippen LogP contribution in [0.25, 0.3) is 50.2 Å². The Hall–Kier alpha value is -4.11. The Morgan fingerprint density at radius 2 is 1.41 bits per heavy atom. The lowest BCUT2D eigenvalue weighted by Gasteiger charge is -2.24. The van der Waals surface area contributed by atoms with Crippen LogP contribution in [0, 0.1) is 6.92 Å². The molecule has 0 unspecified atom stereocenters. The van der Waals surface area contributed by atoms with Crippen molar-refractivity contribution in [3.63, 3.8) is 0 Å². The van der Waals surface area contributed by atoms with Crippen molar-refractivity contribution in [1.29, 1.82) is 0 Å². The summed E-state index contributed by atoms with van der Waals surface area (Å²) in [6, 6.07) is 30.2. The fourth-order valence-electron chi connectivity index (χ4n) is 5.36. The van der Waals surface area contributed by atoms with Crippen LogP contribution in [-0.4, -0.2) is 9.55 Å². The number of furan rings is 1. The molecular formula is C34H32N2O. The minimum atomic E-state index is 0.327. The van der Waals surface area contributed by atoms with Crippen molar-refractivity contribution in [1.82, 2.24) is 9.55 Å². The molecule has 0 aliphatic rings. The fourth-order valence-corrected chi connectivity index (χ4v) is 5.36. The van der Waals surface area contributed by atoms with Crippen molar-refractivity contribution in [2.45, 2.75) is 46.5 Å². The van der Waals surface area contributed by atoms with Crippen molar-refractivity contribution in [3.05, 3.63) is 108 Å². The Morgan fingerprint density at radius 3 is 2.11 bits per heavy atom. The summed E-state index contributed by atoms with van der Waals surface area (Å²) in [5.74, 6) is 1.57. The molecule has 0 aliphatic heterocycles. The quantitative estimate of drug-likeness (QED) is 0.244. The van der Waals surface area contributed by atoms with Crippen molar-refractivity contribution in [3.8, 4) is 28.2 Å². The Morgan fingerprint density at radius 1 is 0.730 bits per heavy atom. The molecule has 6 rings (SSSR count). The van der Waals surface area contributed by atoms with E-state index in [1.54, 1.807) is 0 Å². The lowest BCUT2D eigenvalue weighted by molar-refractivity contribution is 0.616. The monoisotopic (exact) mass is 484 g/mol. The highest BCUT2D eigenvalue weighted by Gasteiger charge is 2.25. The number of hydrogen-bond donors (Lipinski definition) is 0. The van der Waals surface area contributed by atoms with Crippen LogP contribution in [0.1, 0.15) is 56.2 Å². The molecule has 2 aromatic heterocycles. The maximum Gasteiger partial charge on any atom is 0.149 e. The highest BCUT2D eigenvalue weighted by Crippen LogP contribution is 2.41. The molecule has 3 nitrogen and oxygen atoms in total. The zero-order valence-electron chi connectivity index (χ0n) is 22.1. The van der Waals surface area contributed by atoms with Crippen LogP contribution in [0.2, 0.25) is 0 Å². The summed E-state index contributed by atoms with van der Waals surface area (Å²) in [6.07, 6.45) is 1.87. The number of hydrogen-bond acceptors (Lipinski definition) is 2. The lowest BCUT2D eigenvalue weighted by atomic mass is 9.88. The van der Waals surface area contributed by atoms with E-state index in [0.717, 1.165) is 33.4 Å². The molecule has 0 bridgehead atoms. The van der Waals surface area contributed by atoms with Crippen LogP contribution < -0.4 is 0 Å². The highest BCUT2D eigenvalue weighted by molar-refractivity contribution is 5.96. The van der Waals surface area contributed by atoms with E-state index in [1.807, 2.05) is 6.26 Å². The second-order valence-electron chi connectivity index (χ2n) is 10.6. The number of fused-ring (bicyclic) bond motifs is 2. The van der Waals surface area contributed by atoms with Gasteiger partial charge in [0.15, 0.2) is 0 Å². The van der Waals surface area contributed by atoms with Gasteiger partial charge in [-0.05, 0) is 77.4 Å². The first kappa shape index (κ1) is 23.3. The van der Waals surface area contributed by atoms with Crippen molar-refractivity contribution >= 4 is 22.0 Å². The lowest BCUT2D eigenvalue weighted by Crippen LogP contribution is -2.09. The van der Waals surface area contributed by atoms with Gasteiger partial charge in [-0.15, -0.1) is 0 Å². The third-order valence-corrected chi connectivity index (χ3v) is 7.27. The summed E-state index contributed by atoms with van der Waals surface area (Å²) < 4.78 is 8.40. The molecule has 0 saturated heterocycles. The summed E-state index contributed by atoms with van der Waals surface area (Å²) in [6.45, 7) is 11.3. The summed E-state index contributed by atoms with van der Waals surface area (Å²) in [7, 11) is 0. The molecule has 0 fully saturated rings. The normalized spacial score (nSPS) is 11.9. The Bertz CT molecular complexity index is 1710. The molecule has 0 amide bonds. The molecule has 6 aromatic rings. The van der Waals surface area contributed by atoms with Gasteiger partial charge in [-0.1, -0.05) is 81.8 Å². The number of nitrogens with zero attached hydrogens (tertiary/aromatic N) is 2. The topological polar surface area (TPSA) is 31.0 Å². The SMILES string of the molecule is Cc1ccc2occ(-c3nc4ccccc4n3-c3c(C(C)C)cc(-c4ccccc4)cc3C(C)C)c2c1. The smallest absolute Gasteiger partial charge is 0.149 e. The predicted molar refractivity (Wildman–Crippen MR) is 155 cm³/mol. The van der Waals surface area contributed by atoms with Gasteiger partial charge in [0.05, 0.1) is 22.3 Å². The average molecular weight is 485 g/mol. The highest BCUT2D eigenvalue weighted by atomic mass is 16.3. The van der Waals surface area contributed by atoms with Gasteiger partial charge < -0.3 is 4.42 Å². The summed E-state index contributed by atoms with van der Waals surface area (Å²) in [4.78, 5) is 5.20. The number of para-hydroxylation sites is 2. The van der Waals surface area contributed by atoms with E-state index in [4.69, 9.17) is 9.40 Å². The van der Waals surface area contributed by atoms with Gasteiger partial charge in [0.25, 0.3) is 0 Å². The number of benzene rings is 4. The maximum absolute atomic E-state index is 6.02. The van der Waals surface area contributed by atoms with Gasteiger partial charge in [0.1, 0.15) is 17.7 Å². The number of aromatic nitrogens is 2. The van der Waals surface area contributed by atoms with E-state index in [0.29, 0.717) is 11.8 Å². The zero-order valence-corrected chi connectivity index (χ0v) is 22.1. The van der Waals surface area contributed by atoms with Gasteiger partial charge in [-0.25, -0.2) is 4.98 Å². The molecule has 0 radical (unpaired) electrons. The van der Waals surface area contributed by atoms with E-state index >= 15 is 0 Å². The van der Waals surface area contributed by atoms with Gasteiger partial charge >= 0.3 is 0 Å². The zero-order chi connectivity index (χ0) is 25.7. The summed E-state index contributed by atoms with van der Waals surface area (Å²) in [5, 5.41) is 1.09. The van der Waals surface area contributed by atoms with Crippen LogP contribution in [0.5, 0.6) is 0 Å². The van der Waals surface area contributed by atoms with Gasteiger partial charge in [0.2, 0.25) is 0 Å². The maximum atomic E-state index is 6.02. The van der Waals surface area contributed by atoms with Crippen LogP contribution >= 0.6 is 0 Å². The number of imidazole rings is 1. The first-order valence-corrected chi connectivity index (χ1v) is 13.1. The van der Waals surface area contributed by atoms with Gasteiger partial charge in [-0.3, -0.25) is 4.57 Å². The predicted octanol–water partition coefficient (Wildman–Crippen LogP) is 9.66. The van der Waals surface area contributed by atoms with Crippen LogP contribution in [0.4, 0.5) is 0 Å². The van der Waals surface area contributed by atoms with E-state index in [-0.39, 0.29) is 0 Å². The van der Waals surface area contributed by atoms with E-state index < -0.39 is 0 Å². The Kier molecular flexibility index (Phi) is 5.72. The van der Waals surface area contributed by atoms with Crippen LogP contribution in [0.3, 0.4) is 0 Å². The third-order valence-electron chi connectivity index (χ3n) is 7.27. The standard InChI is InChI=1S/C34H32N2O/c1-21(2)26-18-25(24-11-7-6-8-12-24)19-27(22(3)4)33(26)36-31-14-10-9-13-30(31)35-34(36)29-20-37-32-16-15-23(5)17-28(29)32/h6-22H,1-5H3. The van der Waals surface area contributed by atoms with Gasteiger partial charge in [-0.2, -0.15) is 0 Å². The minimum Gasteiger partial charge on any atom is -0.464 e. The van der Waals surface area contributed by atoms with Gasteiger partial charge in [0, 0.05) is 5.39 Å². The molecule has 0 N–H and O–H groups in total. The fraction of sp³-hybridized carbons (Fsp3) is 0.206. The van der Waals surface area contributed by atoms with Crippen LogP contribution in [0.15, 0.2) is 95.6 Å². The molecule has 0 aliphatic carbocycles. The molecule has 184 valence electrons. The van der Waals surface area contributed by atoms with E-state index in [9.17, 15) is 0 Å². The molecule has 4 aromatic carbocycles. The summed E-state index contributed by atoms with van der Waals surface area (Å²) in [5.41, 5.74) is 11.6. The first-order chi connectivity index (χ1) is 17.9. The van der Waals surface area contributed by atoms with Crippen molar-refractivity contribution in [2.24, 2.45) is 0 Å². The molecular weight excluding hydrogens is 452 g/mol. The number of aryl methyl sites for hydroxylation is 1. The second-order valence-corrected chi connectivity index (χ2v) is 10.6. The molecule has 0 saturated carbocycles. The molecule has 2 heterocycles. The summed E-state index contributed by atoms with van der Waals surface area (Å²) >= 11 is 0.